The molecule has 1 aromatic heterocycles. The summed E-state index contributed by atoms with van der Waals surface area (Å²) in [7, 11) is 0. The first-order chi connectivity index (χ1) is 11.6. The molecule has 1 aromatic carbocycles. The van der Waals surface area contributed by atoms with Crippen LogP contribution in [-0.4, -0.2) is 31.6 Å². The zero-order chi connectivity index (χ0) is 16.9. The van der Waals surface area contributed by atoms with E-state index in [-0.39, 0.29) is 5.91 Å². The van der Waals surface area contributed by atoms with Gasteiger partial charge in [0.05, 0.1) is 0 Å². The summed E-state index contributed by atoms with van der Waals surface area (Å²) >= 11 is 0. The molecule has 0 saturated carbocycles. The van der Waals surface area contributed by atoms with Gasteiger partial charge in [-0.05, 0) is 57.0 Å². The molecule has 1 fully saturated rings. The van der Waals surface area contributed by atoms with Crippen LogP contribution in [0.5, 0.6) is 5.75 Å². The Morgan fingerprint density at radius 3 is 2.88 bits per heavy atom. The van der Waals surface area contributed by atoms with Crippen LogP contribution in [0.3, 0.4) is 0 Å². The molecule has 6 nitrogen and oxygen atoms in total. The van der Waals surface area contributed by atoms with E-state index in [4.69, 9.17) is 9.15 Å². The molecule has 1 unspecified atom stereocenters. The number of carbonyl (C=O) groups excluding carboxylic acids is 1. The van der Waals surface area contributed by atoms with E-state index in [0.29, 0.717) is 23.8 Å². The molecule has 1 aliphatic rings. The highest BCUT2D eigenvalue weighted by molar-refractivity contribution is 5.81. The number of hydrogen-bond donors (Lipinski definition) is 2. The lowest BCUT2D eigenvalue weighted by molar-refractivity contribution is -0.127. The van der Waals surface area contributed by atoms with Gasteiger partial charge in [0.25, 0.3) is 5.91 Å². The Kier molecular flexibility index (Phi) is 5.15. The highest BCUT2D eigenvalue weighted by atomic mass is 16.5. The summed E-state index contributed by atoms with van der Waals surface area (Å²) in [6.07, 6.45) is 1.55. The van der Waals surface area contributed by atoms with Crippen LogP contribution in [0.2, 0.25) is 0 Å². The summed E-state index contributed by atoms with van der Waals surface area (Å²) in [4.78, 5) is 23.5. The molecule has 1 amide bonds. The Morgan fingerprint density at radius 1 is 1.33 bits per heavy atom. The summed E-state index contributed by atoms with van der Waals surface area (Å²) in [5.74, 6) is 0.891. The van der Waals surface area contributed by atoms with E-state index in [0.717, 1.165) is 31.3 Å². The summed E-state index contributed by atoms with van der Waals surface area (Å²) in [5.41, 5.74) is 0.0368. The van der Waals surface area contributed by atoms with Crippen molar-refractivity contribution in [2.75, 3.05) is 19.6 Å². The second-order valence-electron chi connectivity index (χ2n) is 6.15. The van der Waals surface area contributed by atoms with Crippen molar-refractivity contribution in [3.8, 4) is 5.75 Å². The molecule has 24 heavy (non-hydrogen) atoms. The van der Waals surface area contributed by atoms with Gasteiger partial charge in [-0.15, -0.1) is 0 Å². The lowest BCUT2D eigenvalue weighted by atomic mass is 9.98. The van der Waals surface area contributed by atoms with Crippen LogP contribution in [0.1, 0.15) is 19.8 Å². The van der Waals surface area contributed by atoms with Crippen LogP contribution < -0.4 is 21.0 Å². The van der Waals surface area contributed by atoms with Gasteiger partial charge in [0.15, 0.2) is 6.10 Å². The second-order valence-corrected chi connectivity index (χ2v) is 6.15. The van der Waals surface area contributed by atoms with Crippen molar-refractivity contribution in [1.29, 1.82) is 0 Å². The van der Waals surface area contributed by atoms with Gasteiger partial charge in [-0.2, -0.15) is 0 Å². The molecule has 1 saturated heterocycles. The van der Waals surface area contributed by atoms with E-state index in [1.807, 2.05) is 0 Å². The molecule has 1 atom stereocenters. The van der Waals surface area contributed by atoms with Crippen molar-refractivity contribution in [2.24, 2.45) is 5.92 Å². The first-order valence-electron chi connectivity index (χ1n) is 8.31. The Labute approximate surface area is 140 Å². The lowest BCUT2D eigenvalue weighted by Crippen LogP contribution is -2.41. The number of benzene rings is 1. The molecular formula is C18H22N2O4. The molecule has 0 bridgehead atoms. The zero-order valence-electron chi connectivity index (χ0n) is 13.7. The van der Waals surface area contributed by atoms with Crippen molar-refractivity contribution in [2.45, 2.75) is 25.9 Å². The van der Waals surface area contributed by atoms with Crippen molar-refractivity contribution in [3.05, 3.63) is 40.8 Å². The maximum Gasteiger partial charge on any atom is 0.336 e. The van der Waals surface area contributed by atoms with Gasteiger partial charge in [0.1, 0.15) is 11.3 Å². The van der Waals surface area contributed by atoms with E-state index in [9.17, 15) is 9.59 Å². The third-order valence-corrected chi connectivity index (χ3v) is 4.30. The number of rotatable bonds is 5. The van der Waals surface area contributed by atoms with Crippen LogP contribution in [0.4, 0.5) is 0 Å². The first kappa shape index (κ1) is 16.5. The van der Waals surface area contributed by atoms with Crippen LogP contribution in [0.25, 0.3) is 11.0 Å². The predicted octanol–water partition coefficient (Wildman–Crippen LogP) is 1.68. The van der Waals surface area contributed by atoms with Crippen molar-refractivity contribution < 1.29 is 13.9 Å². The molecular weight excluding hydrogens is 308 g/mol. The quantitative estimate of drug-likeness (QED) is 0.815. The van der Waals surface area contributed by atoms with Gasteiger partial charge in [-0.1, -0.05) is 0 Å². The third-order valence-electron chi connectivity index (χ3n) is 4.30. The van der Waals surface area contributed by atoms with E-state index in [1.165, 1.54) is 6.07 Å². The maximum atomic E-state index is 12.2. The fourth-order valence-electron chi connectivity index (χ4n) is 2.85. The van der Waals surface area contributed by atoms with Gasteiger partial charge < -0.3 is 19.8 Å². The minimum absolute atomic E-state index is 0.136. The third kappa shape index (κ3) is 4.14. The summed E-state index contributed by atoms with van der Waals surface area (Å²) in [6, 6.07) is 8.26. The summed E-state index contributed by atoms with van der Waals surface area (Å²) < 4.78 is 10.8. The number of amides is 1. The molecule has 2 aromatic rings. The lowest BCUT2D eigenvalue weighted by Gasteiger charge is -2.23. The Morgan fingerprint density at radius 2 is 2.08 bits per heavy atom. The van der Waals surface area contributed by atoms with Crippen LogP contribution in [0.15, 0.2) is 39.5 Å². The number of ether oxygens (including phenoxy) is 1. The largest absolute Gasteiger partial charge is 0.481 e. The molecule has 3 rings (SSSR count). The fraction of sp³-hybridized carbons (Fsp3) is 0.444. The fourth-order valence-corrected chi connectivity index (χ4v) is 2.85. The van der Waals surface area contributed by atoms with Gasteiger partial charge in [-0.3, -0.25) is 4.79 Å². The topological polar surface area (TPSA) is 80.6 Å². The van der Waals surface area contributed by atoms with Crippen molar-refractivity contribution in [3.63, 3.8) is 0 Å². The Balaban J connectivity index is 1.58. The molecule has 0 spiro atoms. The smallest absolute Gasteiger partial charge is 0.336 e. The van der Waals surface area contributed by atoms with Crippen molar-refractivity contribution >= 4 is 16.9 Å². The number of piperidine rings is 1. The maximum absolute atomic E-state index is 12.2. The number of hydrogen-bond acceptors (Lipinski definition) is 5. The van der Waals surface area contributed by atoms with Gasteiger partial charge >= 0.3 is 5.63 Å². The number of nitrogens with one attached hydrogen (secondary N) is 2. The second kappa shape index (κ2) is 7.49. The summed E-state index contributed by atoms with van der Waals surface area (Å²) in [6.45, 7) is 4.41. The number of carbonyl (C=O) groups is 1. The standard InChI is InChI=1S/C18H22N2O4/c1-12(18(22)20-11-13-6-8-19-9-7-13)23-15-4-2-14-3-5-17(21)24-16(14)10-15/h2-5,10,12-13,19H,6-9,11H2,1H3,(H,20,22). The van der Waals surface area contributed by atoms with Crippen molar-refractivity contribution in [1.82, 2.24) is 10.6 Å². The molecule has 6 heteroatoms. The molecule has 1 aliphatic heterocycles. The Hall–Kier alpha value is -2.34. The molecule has 2 N–H and O–H groups in total. The number of fused-ring (bicyclic) bond motifs is 1. The molecule has 0 aliphatic carbocycles. The first-order valence-corrected chi connectivity index (χ1v) is 8.31. The highest BCUT2D eigenvalue weighted by Crippen LogP contribution is 2.20. The average molecular weight is 330 g/mol. The minimum Gasteiger partial charge on any atom is -0.481 e. The van der Waals surface area contributed by atoms with E-state index in [1.54, 1.807) is 31.2 Å². The van der Waals surface area contributed by atoms with Crippen LogP contribution in [0, 0.1) is 5.92 Å². The summed E-state index contributed by atoms with van der Waals surface area (Å²) in [5, 5.41) is 7.07. The predicted molar refractivity (Wildman–Crippen MR) is 91.2 cm³/mol. The normalized spacial score (nSPS) is 16.7. The van der Waals surface area contributed by atoms with Gasteiger partial charge in [-0.25, -0.2) is 4.79 Å². The molecule has 128 valence electrons. The average Bonchev–Trinajstić information content (AvgIpc) is 2.60. The van der Waals surface area contributed by atoms with Gasteiger partial charge in [0, 0.05) is 24.1 Å². The molecule has 0 radical (unpaired) electrons. The van der Waals surface area contributed by atoms with Gasteiger partial charge in [0.2, 0.25) is 0 Å². The van der Waals surface area contributed by atoms with Crippen LogP contribution in [-0.2, 0) is 4.79 Å². The van der Waals surface area contributed by atoms with E-state index in [2.05, 4.69) is 10.6 Å². The SMILES string of the molecule is CC(Oc1ccc2ccc(=O)oc2c1)C(=O)NCC1CCNCC1. The van der Waals surface area contributed by atoms with E-state index < -0.39 is 11.7 Å². The zero-order valence-corrected chi connectivity index (χ0v) is 13.7. The monoisotopic (exact) mass is 330 g/mol. The molecule has 2 heterocycles. The minimum atomic E-state index is -0.611. The van der Waals surface area contributed by atoms with E-state index >= 15 is 0 Å². The van der Waals surface area contributed by atoms with Crippen LogP contribution >= 0.6 is 0 Å². The Bertz CT molecular complexity index is 765. The highest BCUT2D eigenvalue weighted by Gasteiger charge is 2.18.